The summed E-state index contributed by atoms with van der Waals surface area (Å²) in [6, 6.07) is 6.98. The van der Waals surface area contributed by atoms with Crippen LogP contribution in [0.25, 0.3) is 10.9 Å². The van der Waals surface area contributed by atoms with E-state index < -0.39 is 16.1 Å². The molecule has 0 aliphatic carbocycles. The van der Waals surface area contributed by atoms with E-state index in [1.54, 1.807) is 31.2 Å². The summed E-state index contributed by atoms with van der Waals surface area (Å²) in [7, 11) is 0. The second kappa shape index (κ2) is 6.44. The van der Waals surface area contributed by atoms with Crippen molar-refractivity contribution in [2.45, 2.75) is 38.9 Å². The number of halogens is 1. The van der Waals surface area contributed by atoms with Gasteiger partial charge in [-0.05, 0) is 51.5 Å². The predicted molar refractivity (Wildman–Crippen MR) is 94.3 cm³/mol. The molecule has 1 aromatic heterocycles. The SMILES string of the molecule is CCC(C)(C)[S@@+]([O-])/N=C(\C)c1cc2cc(Cl)ccc2[nH]c1=O. The molecule has 0 spiro atoms. The molecule has 4 nitrogen and oxygen atoms in total. The summed E-state index contributed by atoms with van der Waals surface area (Å²) in [5.41, 5.74) is 1.33. The van der Waals surface area contributed by atoms with E-state index in [4.69, 9.17) is 11.6 Å². The van der Waals surface area contributed by atoms with Crippen LogP contribution in [0.5, 0.6) is 0 Å². The van der Waals surface area contributed by atoms with Crippen molar-refractivity contribution in [2.75, 3.05) is 0 Å². The number of rotatable bonds is 4. The molecule has 0 amide bonds. The summed E-state index contributed by atoms with van der Waals surface area (Å²) in [6.45, 7) is 7.45. The molecule has 0 aliphatic rings. The van der Waals surface area contributed by atoms with Crippen molar-refractivity contribution in [3.8, 4) is 0 Å². The molecule has 0 bridgehead atoms. The molecule has 1 N–H and O–H groups in total. The van der Waals surface area contributed by atoms with Gasteiger partial charge in [-0.3, -0.25) is 4.79 Å². The van der Waals surface area contributed by atoms with Crippen LogP contribution in [-0.2, 0) is 11.4 Å². The summed E-state index contributed by atoms with van der Waals surface area (Å²) in [5.74, 6) is 0. The smallest absolute Gasteiger partial charge is 0.257 e. The van der Waals surface area contributed by atoms with Gasteiger partial charge >= 0.3 is 0 Å². The monoisotopic (exact) mass is 338 g/mol. The van der Waals surface area contributed by atoms with Crippen molar-refractivity contribution < 1.29 is 4.55 Å². The first-order chi connectivity index (χ1) is 10.2. The quantitative estimate of drug-likeness (QED) is 0.679. The second-order valence-corrected chi connectivity index (χ2v) is 8.01. The molecule has 6 heteroatoms. The second-order valence-electron chi connectivity index (χ2n) is 5.78. The highest BCUT2D eigenvalue weighted by atomic mass is 35.5. The molecule has 0 aliphatic heterocycles. The van der Waals surface area contributed by atoms with Crippen LogP contribution in [0, 0.1) is 0 Å². The Bertz CT molecular complexity index is 783. The molecule has 1 atom stereocenters. The van der Waals surface area contributed by atoms with Crippen molar-refractivity contribution in [3.63, 3.8) is 0 Å². The third kappa shape index (κ3) is 3.54. The van der Waals surface area contributed by atoms with Gasteiger partial charge in [0.15, 0.2) is 0 Å². The Morgan fingerprint density at radius 2 is 2.09 bits per heavy atom. The van der Waals surface area contributed by atoms with Crippen LogP contribution in [0.4, 0.5) is 0 Å². The van der Waals surface area contributed by atoms with Crippen molar-refractivity contribution in [2.24, 2.45) is 4.40 Å². The third-order valence-corrected chi connectivity index (χ3v) is 5.65. The fourth-order valence-electron chi connectivity index (χ4n) is 1.87. The first-order valence-corrected chi connectivity index (χ1v) is 8.53. The summed E-state index contributed by atoms with van der Waals surface area (Å²) in [4.78, 5) is 15.0. The number of pyridine rings is 1. The Morgan fingerprint density at radius 1 is 1.41 bits per heavy atom. The van der Waals surface area contributed by atoms with Gasteiger partial charge in [-0.2, -0.15) is 0 Å². The first kappa shape index (κ1) is 17.1. The molecule has 0 fully saturated rings. The molecule has 22 heavy (non-hydrogen) atoms. The molecule has 118 valence electrons. The lowest BCUT2D eigenvalue weighted by molar-refractivity contribution is 0.540. The number of aromatic nitrogens is 1. The molecule has 0 saturated carbocycles. The lowest BCUT2D eigenvalue weighted by Crippen LogP contribution is -2.30. The van der Waals surface area contributed by atoms with Crippen LogP contribution in [-0.4, -0.2) is 20.0 Å². The van der Waals surface area contributed by atoms with E-state index >= 15 is 0 Å². The number of fused-ring (bicyclic) bond motifs is 1. The molecule has 2 rings (SSSR count). The van der Waals surface area contributed by atoms with Crippen LogP contribution in [0.1, 0.15) is 39.7 Å². The van der Waals surface area contributed by atoms with Crippen LogP contribution in [0.15, 0.2) is 33.5 Å². The van der Waals surface area contributed by atoms with E-state index in [-0.39, 0.29) is 5.56 Å². The van der Waals surface area contributed by atoms with Gasteiger partial charge in [0.2, 0.25) is 0 Å². The average Bonchev–Trinajstić information content (AvgIpc) is 2.46. The highest BCUT2D eigenvalue weighted by Crippen LogP contribution is 2.23. The molecular weight excluding hydrogens is 320 g/mol. The standard InChI is InChI=1S/C16H19ClN2O2S/c1-5-16(3,4)22(21)19-10(2)13-9-11-8-12(17)6-7-14(11)18-15(13)20/h6-9H,5H2,1-4H3,(H,18,20)/b19-10+/t22-/m1/s1. The number of H-pyrrole nitrogens is 1. The molecule has 0 saturated heterocycles. The fourth-order valence-corrected chi connectivity index (χ4v) is 2.89. The number of aromatic amines is 1. The van der Waals surface area contributed by atoms with Gasteiger partial charge in [0.05, 0.1) is 5.56 Å². The maximum absolute atomic E-state index is 12.3. The summed E-state index contributed by atoms with van der Waals surface area (Å²) in [5, 5.41) is 1.41. The molecule has 1 heterocycles. The highest BCUT2D eigenvalue weighted by Gasteiger charge is 2.31. The molecule has 0 unspecified atom stereocenters. The maximum atomic E-state index is 12.3. The van der Waals surface area contributed by atoms with Crippen LogP contribution < -0.4 is 5.56 Å². The van der Waals surface area contributed by atoms with Gasteiger partial charge in [0, 0.05) is 15.9 Å². The van der Waals surface area contributed by atoms with Crippen LogP contribution in [0.2, 0.25) is 5.02 Å². The zero-order valence-electron chi connectivity index (χ0n) is 13.1. The van der Waals surface area contributed by atoms with E-state index in [0.29, 0.717) is 21.8 Å². The Labute approximate surface area is 137 Å². The Balaban J connectivity index is 2.49. The van der Waals surface area contributed by atoms with Crippen molar-refractivity contribution in [3.05, 3.63) is 45.2 Å². The summed E-state index contributed by atoms with van der Waals surface area (Å²) < 4.78 is 16.1. The number of hydrogen-bond donors (Lipinski definition) is 1. The minimum Gasteiger partial charge on any atom is -0.591 e. The molecule has 2 aromatic rings. The van der Waals surface area contributed by atoms with Gasteiger partial charge in [0.1, 0.15) is 21.8 Å². The van der Waals surface area contributed by atoms with E-state index in [0.717, 1.165) is 11.8 Å². The van der Waals surface area contributed by atoms with Crippen molar-refractivity contribution >= 4 is 39.6 Å². The molecule has 1 aromatic carbocycles. The topological polar surface area (TPSA) is 68.3 Å². The van der Waals surface area contributed by atoms with Gasteiger partial charge in [-0.15, -0.1) is 0 Å². The summed E-state index contributed by atoms with van der Waals surface area (Å²) in [6.07, 6.45) is 0.736. The first-order valence-electron chi connectivity index (χ1n) is 7.05. The Hall–Kier alpha value is -1.30. The third-order valence-electron chi connectivity index (χ3n) is 3.74. The predicted octanol–water partition coefficient (Wildman–Crippen LogP) is 3.84. The number of hydrogen-bond acceptors (Lipinski definition) is 3. The highest BCUT2D eigenvalue weighted by molar-refractivity contribution is 7.91. The molecular formula is C16H19ClN2O2S. The van der Waals surface area contributed by atoms with Crippen molar-refractivity contribution in [1.82, 2.24) is 4.98 Å². The zero-order chi connectivity index (χ0) is 16.5. The van der Waals surface area contributed by atoms with E-state index in [2.05, 4.69) is 9.38 Å². The average molecular weight is 339 g/mol. The number of nitrogens with zero attached hydrogens (tertiary/aromatic N) is 1. The number of benzene rings is 1. The summed E-state index contributed by atoms with van der Waals surface area (Å²) >= 11 is 4.58. The van der Waals surface area contributed by atoms with Gasteiger partial charge in [-0.25, -0.2) is 0 Å². The van der Waals surface area contributed by atoms with E-state index in [1.165, 1.54) is 0 Å². The van der Waals surface area contributed by atoms with E-state index in [1.807, 2.05) is 20.8 Å². The fraction of sp³-hybridized carbons (Fsp3) is 0.375. The minimum atomic E-state index is -1.40. The maximum Gasteiger partial charge on any atom is 0.257 e. The van der Waals surface area contributed by atoms with Gasteiger partial charge < -0.3 is 9.54 Å². The van der Waals surface area contributed by atoms with Crippen LogP contribution >= 0.6 is 11.6 Å². The largest absolute Gasteiger partial charge is 0.591 e. The molecule has 0 radical (unpaired) electrons. The normalized spacial score (nSPS) is 14.4. The Kier molecular flexibility index (Phi) is 5.00. The Morgan fingerprint density at radius 3 is 2.73 bits per heavy atom. The lowest BCUT2D eigenvalue weighted by Gasteiger charge is -2.22. The lowest BCUT2D eigenvalue weighted by atomic mass is 10.1. The van der Waals surface area contributed by atoms with Crippen molar-refractivity contribution in [1.29, 1.82) is 0 Å². The van der Waals surface area contributed by atoms with Gasteiger partial charge in [0.25, 0.3) is 5.56 Å². The minimum absolute atomic E-state index is 0.248. The van der Waals surface area contributed by atoms with E-state index in [9.17, 15) is 9.35 Å². The van der Waals surface area contributed by atoms with Gasteiger partial charge in [-0.1, -0.05) is 22.9 Å². The zero-order valence-corrected chi connectivity index (χ0v) is 14.6. The number of nitrogens with one attached hydrogen (secondary N) is 1. The van der Waals surface area contributed by atoms with Crippen LogP contribution in [0.3, 0.4) is 0 Å².